The molecule has 3 heterocycles. The van der Waals surface area contributed by atoms with E-state index in [0.717, 1.165) is 64.4 Å². The molecule has 30 heavy (non-hydrogen) atoms. The van der Waals surface area contributed by atoms with Gasteiger partial charge in [-0.15, -0.1) is 24.0 Å². The first-order valence-corrected chi connectivity index (χ1v) is 11.3. The predicted octanol–water partition coefficient (Wildman–Crippen LogP) is 3.16. The van der Waals surface area contributed by atoms with Gasteiger partial charge in [-0.1, -0.05) is 30.3 Å². The van der Waals surface area contributed by atoms with Crippen molar-refractivity contribution in [2.75, 3.05) is 33.3 Å². The lowest BCUT2D eigenvalue weighted by molar-refractivity contribution is 0.00533. The van der Waals surface area contributed by atoms with Crippen molar-refractivity contribution in [1.29, 1.82) is 0 Å². The molecule has 0 amide bonds. The Hall–Kier alpha value is -0.900. The quantitative estimate of drug-likeness (QED) is 0.235. The van der Waals surface area contributed by atoms with Gasteiger partial charge in [0.1, 0.15) is 0 Å². The summed E-state index contributed by atoms with van der Waals surface area (Å²) in [5.41, 5.74) is 1.40. The molecule has 3 atom stereocenters. The molecule has 2 N–H and O–H groups in total. The van der Waals surface area contributed by atoms with Crippen LogP contribution in [0.4, 0.5) is 0 Å². The maximum atomic E-state index is 6.12. The smallest absolute Gasteiger partial charge is 0.191 e. The first kappa shape index (κ1) is 23.8. The van der Waals surface area contributed by atoms with E-state index in [-0.39, 0.29) is 24.0 Å². The van der Waals surface area contributed by atoms with Crippen molar-refractivity contribution < 1.29 is 9.47 Å². The zero-order chi connectivity index (χ0) is 19.9. The van der Waals surface area contributed by atoms with Crippen LogP contribution in [0.5, 0.6) is 0 Å². The molecular weight excluding hydrogens is 491 g/mol. The summed E-state index contributed by atoms with van der Waals surface area (Å²) in [5.74, 6) is 0.889. The van der Waals surface area contributed by atoms with Crippen LogP contribution in [-0.4, -0.2) is 68.5 Å². The van der Waals surface area contributed by atoms with Crippen LogP contribution in [-0.2, 0) is 16.0 Å². The van der Waals surface area contributed by atoms with Gasteiger partial charge in [0, 0.05) is 39.8 Å². The van der Waals surface area contributed by atoms with E-state index in [1.165, 1.54) is 18.4 Å². The molecule has 0 spiro atoms. The molecule has 0 radical (unpaired) electrons. The Labute approximate surface area is 198 Å². The molecule has 1 aromatic rings. The summed E-state index contributed by atoms with van der Waals surface area (Å²) in [6.45, 7) is 5.00. The number of rotatable bonds is 8. The highest BCUT2D eigenvalue weighted by Gasteiger charge is 2.41. The number of halogens is 1. The second-order valence-corrected chi connectivity index (χ2v) is 8.54. The molecule has 3 unspecified atom stereocenters. The van der Waals surface area contributed by atoms with Gasteiger partial charge >= 0.3 is 0 Å². The van der Waals surface area contributed by atoms with Crippen molar-refractivity contribution in [3.63, 3.8) is 0 Å². The Morgan fingerprint density at radius 2 is 1.97 bits per heavy atom. The SMILES string of the molecule is CN=C(NCCCOC1CCN(Cc2ccccc2)CC1)NC1CC2CCC1O2.I. The molecule has 1 aromatic carbocycles. The molecule has 3 saturated heterocycles. The standard InChI is InChI=1S/C23H36N4O2.HI/c1-24-23(26-21-16-20-8-9-22(21)29-20)25-12-5-15-28-19-10-13-27(14-11-19)17-18-6-3-2-4-7-18;/h2-4,6-7,19-22H,5,8-17H2,1H3,(H2,24,25,26);1H. The average Bonchev–Trinajstić information content (AvgIpc) is 3.38. The van der Waals surface area contributed by atoms with Crippen LogP contribution < -0.4 is 10.6 Å². The number of guanidine groups is 1. The summed E-state index contributed by atoms with van der Waals surface area (Å²) < 4.78 is 12.0. The molecule has 3 aliphatic heterocycles. The van der Waals surface area contributed by atoms with E-state index < -0.39 is 0 Å². The van der Waals surface area contributed by atoms with Gasteiger partial charge in [-0.2, -0.15) is 0 Å². The number of benzene rings is 1. The Morgan fingerprint density at radius 1 is 1.17 bits per heavy atom. The molecule has 4 rings (SSSR count). The summed E-state index contributed by atoms with van der Waals surface area (Å²) in [6, 6.07) is 11.2. The average molecular weight is 528 g/mol. The van der Waals surface area contributed by atoms with E-state index in [1.807, 2.05) is 7.05 Å². The number of likely N-dealkylation sites (tertiary alicyclic amines) is 1. The minimum absolute atomic E-state index is 0. The highest BCUT2D eigenvalue weighted by atomic mass is 127. The highest BCUT2D eigenvalue weighted by Crippen LogP contribution is 2.34. The van der Waals surface area contributed by atoms with Crippen molar-refractivity contribution in [2.24, 2.45) is 4.99 Å². The number of hydrogen-bond acceptors (Lipinski definition) is 4. The lowest BCUT2D eigenvalue weighted by atomic mass is 9.96. The number of nitrogens with one attached hydrogen (secondary N) is 2. The van der Waals surface area contributed by atoms with Crippen molar-refractivity contribution >= 4 is 29.9 Å². The number of piperidine rings is 1. The van der Waals surface area contributed by atoms with Crippen LogP contribution in [0.3, 0.4) is 0 Å². The topological polar surface area (TPSA) is 58.1 Å². The van der Waals surface area contributed by atoms with Crippen molar-refractivity contribution in [1.82, 2.24) is 15.5 Å². The third-order valence-corrected chi connectivity index (χ3v) is 6.40. The fourth-order valence-electron chi connectivity index (χ4n) is 4.76. The van der Waals surface area contributed by atoms with Crippen LogP contribution in [0.1, 0.15) is 44.1 Å². The van der Waals surface area contributed by atoms with Crippen molar-refractivity contribution in [3.8, 4) is 0 Å². The molecule has 6 nitrogen and oxygen atoms in total. The summed E-state index contributed by atoms with van der Waals surface area (Å²) in [4.78, 5) is 6.89. The monoisotopic (exact) mass is 528 g/mol. The van der Waals surface area contributed by atoms with Crippen LogP contribution in [0.15, 0.2) is 35.3 Å². The normalized spacial score (nSPS) is 27.1. The van der Waals surface area contributed by atoms with E-state index in [0.29, 0.717) is 24.4 Å². The van der Waals surface area contributed by atoms with Gasteiger partial charge in [0.05, 0.1) is 24.4 Å². The molecule has 168 valence electrons. The van der Waals surface area contributed by atoms with E-state index in [4.69, 9.17) is 9.47 Å². The van der Waals surface area contributed by atoms with Gasteiger partial charge in [0.2, 0.25) is 0 Å². The van der Waals surface area contributed by atoms with Crippen LogP contribution in [0, 0.1) is 0 Å². The minimum Gasteiger partial charge on any atom is -0.378 e. The van der Waals surface area contributed by atoms with E-state index in [1.54, 1.807) is 0 Å². The molecule has 0 saturated carbocycles. The number of nitrogens with zero attached hydrogens (tertiary/aromatic N) is 2. The van der Waals surface area contributed by atoms with Crippen molar-refractivity contribution in [2.45, 2.75) is 69.4 Å². The minimum atomic E-state index is 0. The first-order chi connectivity index (χ1) is 14.3. The van der Waals surface area contributed by atoms with Crippen molar-refractivity contribution in [3.05, 3.63) is 35.9 Å². The largest absolute Gasteiger partial charge is 0.378 e. The molecular formula is C23H37IN4O2. The number of ether oxygens (including phenoxy) is 2. The van der Waals surface area contributed by atoms with Gasteiger partial charge in [0.25, 0.3) is 0 Å². The van der Waals surface area contributed by atoms with Crippen LogP contribution in [0.2, 0.25) is 0 Å². The van der Waals surface area contributed by atoms with Crippen LogP contribution in [0.25, 0.3) is 0 Å². The molecule has 0 aliphatic carbocycles. The van der Waals surface area contributed by atoms with Gasteiger partial charge in [-0.3, -0.25) is 9.89 Å². The lowest BCUT2D eigenvalue weighted by Crippen LogP contribution is -2.47. The Balaban J connectivity index is 0.00000256. The summed E-state index contributed by atoms with van der Waals surface area (Å²) in [6.07, 6.45) is 8.01. The predicted molar refractivity (Wildman–Crippen MR) is 132 cm³/mol. The van der Waals surface area contributed by atoms with E-state index in [2.05, 4.69) is 50.9 Å². The lowest BCUT2D eigenvalue weighted by Gasteiger charge is -2.32. The Morgan fingerprint density at radius 3 is 2.63 bits per heavy atom. The first-order valence-electron chi connectivity index (χ1n) is 11.3. The maximum Gasteiger partial charge on any atom is 0.191 e. The molecule has 3 fully saturated rings. The van der Waals surface area contributed by atoms with E-state index >= 15 is 0 Å². The third kappa shape index (κ3) is 6.80. The molecule has 0 aromatic heterocycles. The fourth-order valence-corrected chi connectivity index (χ4v) is 4.76. The summed E-state index contributed by atoms with van der Waals surface area (Å²) >= 11 is 0. The number of aliphatic imine (C=N–C) groups is 1. The zero-order valence-corrected chi connectivity index (χ0v) is 20.4. The zero-order valence-electron chi connectivity index (χ0n) is 18.1. The van der Waals surface area contributed by atoms with Crippen LogP contribution >= 0.6 is 24.0 Å². The molecule has 7 heteroatoms. The third-order valence-electron chi connectivity index (χ3n) is 6.40. The Bertz CT molecular complexity index is 652. The van der Waals surface area contributed by atoms with Gasteiger partial charge < -0.3 is 20.1 Å². The molecule has 2 bridgehead atoms. The summed E-state index contributed by atoms with van der Waals surface area (Å²) in [5, 5.41) is 6.95. The second kappa shape index (κ2) is 12.2. The van der Waals surface area contributed by atoms with E-state index in [9.17, 15) is 0 Å². The molecule has 3 aliphatic rings. The summed E-state index contributed by atoms with van der Waals surface area (Å²) in [7, 11) is 1.84. The highest BCUT2D eigenvalue weighted by molar-refractivity contribution is 14.0. The maximum absolute atomic E-state index is 6.12. The second-order valence-electron chi connectivity index (χ2n) is 8.54. The van der Waals surface area contributed by atoms with Gasteiger partial charge in [-0.05, 0) is 44.1 Å². The fraction of sp³-hybridized carbons (Fsp3) is 0.696. The number of fused-ring (bicyclic) bond motifs is 2. The number of hydrogen-bond donors (Lipinski definition) is 2. The van der Waals surface area contributed by atoms with Gasteiger partial charge in [0.15, 0.2) is 5.96 Å². The van der Waals surface area contributed by atoms with Gasteiger partial charge in [-0.25, -0.2) is 0 Å². The Kier molecular flexibility index (Phi) is 9.67.